The molecule has 0 aromatic heterocycles. The highest BCUT2D eigenvalue weighted by atomic mass is 16.7. The second-order valence-corrected chi connectivity index (χ2v) is 3.08. The first-order valence-electron chi connectivity index (χ1n) is 4.77. The van der Waals surface area contributed by atoms with Gasteiger partial charge in [0.2, 0.25) is 0 Å². The molecule has 1 heterocycles. The Labute approximate surface area is 89.1 Å². The molecule has 1 atom stereocenters. The van der Waals surface area contributed by atoms with E-state index in [1.54, 1.807) is 12.3 Å². The molecule has 2 rings (SSSR count). The fourth-order valence-electron chi connectivity index (χ4n) is 1.32. The summed E-state index contributed by atoms with van der Waals surface area (Å²) in [6.07, 6.45) is 8.58. The summed E-state index contributed by atoms with van der Waals surface area (Å²) in [6, 6.07) is 7.71. The molecule has 0 saturated carbocycles. The minimum absolute atomic E-state index is 0.351. The van der Waals surface area contributed by atoms with E-state index in [1.807, 2.05) is 42.5 Å². The topological polar surface area (TPSA) is 18.5 Å². The molecule has 0 aliphatic carbocycles. The molecule has 15 heavy (non-hydrogen) atoms. The van der Waals surface area contributed by atoms with Gasteiger partial charge in [0.15, 0.2) is 0 Å². The molecular formula is C13H12O2. The summed E-state index contributed by atoms with van der Waals surface area (Å²) >= 11 is 0. The fourth-order valence-corrected chi connectivity index (χ4v) is 1.32. The van der Waals surface area contributed by atoms with Gasteiger partial charge in [0.25, 0.3) is 6.29 Å². The van der Waals surface area contributed by atoms with Crippen molar-refractivity contribution < 1.29 is 9.47 Å². The van der Waals surface area contributed by atoms with Crippen LogP contribution >= 0.6 is 0 Å². The minimum atomic E-state index is -0.351. The molecule has 1 aromatic rings. The maximum absolute atomic E-state index is 5.65. The zero-order chi connectivity index (χ0) is 10.5. The fraction of sp³-hybridized carbons (Fsp3) is 0.0769. The van der Waals surface area contributed by atoms with Crippen LogP contribution < -0.4 is 4.74 Å². The van der Waals surface area contributed by atoms with Gasteiger partial charge in [-0.3, -0.25) is 0 Å². The van der Waals surface area contributed by atoms with Crippen molar-refractivity contribution in [3.63, 3.8) is 0 Å². The van der Waals surface area contributed by atoms with Gasteiger partial charge >= 0.3 is 0 Å². The molecule has 1 aliphatic rings. The summed E-state index contributed by atoms with van der Waals surface area (Å²) < 4.78 is 10.9. The van der Waals surface area contributed by atoms with E-state index in [-0.39, 0.29) is 6.29 Å². The maximum atomic E-state index is 5.65. The summed E-state index contributed by atoms with van der Waals surface area (Å²) in [5.41, 5.74) is 0.962. The van der Waals surface area contributed by atoms with Crippen molar-refractivity contribution >= 4 is 6.08 Å². The molecule has 0 N–H and O–H groups in total. The average molecular weight is 200 g/mol. The monoisotopic (exact) mass is 200 g/mol. The Morgan fingerprint density at radius 2 is 2.13 bits per heavy atom. The number of hydrogen-bond acceptors (Lipinski definition) is 2. The van der Waals surface area contributed by atoms with Crippen LogP contribution in [0.3, 0.4) is 0 Å². The lowest BCUT2D eigenvalue weighted by molar-refractivity contribution is 0.00772. The highest BCUT2D eigenvalue weighted by molar-refractivity contribution is 5.55. The third-order valence-electron chi connectivity index (χ3n) is 2.05. The van der Waals surface area contributed by atoms with Crippen molar-refractivity contribution in [2.24, 2.45) is 0 Å². The van der Waals surface area contributed by atoms with Gasteiger partial charge in [-0.1, -0.05) is 36.9 Å². The van der Waals surface area contributed by atoms with Gasteiger partial charge in [-0.25, -0.2) is 0 Å². The Hall–Kier alpha value is -1.96. The molecule has 2 heteroatoms. The van der Waals surface area contributed by atoms with E-state index in [2.05, 4.69) is 6.58 Å². The van der Waals surface area contributed by atoms with Gasteiger partial charge in [0, 0.05) is 5.56 Å². The van der Waals surface area contributed by atoms with E-state index in [9.17, 15) is 0 Å². The highest BCUT2D eigenvalue weighted by Gasteiger charge is 2.09. The smallest absolute Gasteiger partial charge is 0.260 e. The van der Waals surface area contributed by atoms with Crippen LogP contribution in [0.5, 0.6) is 5.75 Å². The summed E-state index contributed by atoms with van der Waals surface area (Å²) in [5.74, 6) is 0.775. The van der Waals surface area contributed by atoms with Crippen LogP contribution in [-0.4, -0.2) is 6.29 Å². The predicted molar refractivity (Wildman–Crippen MR) is 60.3 cm³/mol. The van der Waals surface area contributed by atoms with Crippen molar-refractivity contribution in [2.45, 2.75) is 6.29 Å². The predicted octanol–water partition coefficient (Wildman–Crippen LogP) is 3.13. The minimum Gasteiger partial charge on any atom is -0.459 e. The van der Waals surface area contributed by atoms with Crippen molar-refractivity contribution in [3.05, 3.63) is 60.9 Å². The van der Waals surface area contributed by atoms with Gasteiger partial charge < -0.3 is 9.47 Å². The van der Waals surface area contributed by atoms with Gasteiger partial charge in [0.05, 0.1) is 6.26 Å². The van der Waals surface area contributed by atoms with Crippen LogP contribution in [0.4, 0.5) is 0 Å². The SMILES string of the molecule is C=Cc1ccccc1OC1C=CC=CO1. The standard InChI is InChI=1S/C13H12O2/c1-2-11-7-3-4-8-12(11)15-13-9-5-6-10-14-13/h2-10,13H,1H2. The first kappa shape index (κ1) is 9.59. The molecule has 1 aliphatic heterocycles. The Morgan fingerprint density at radius 3 is 2.87 bits per heavy atom. The van der Waals surface area contributed by atoms with Crippen LogP contribution in [-0.2, 0) is 4.74 Å². The third-order valence-corrected chi connectivity index (χ3v) is 2.05. The largest absolute Gasteiger partial charge is 0.459 e. The number of hydrogen-bond donors (Lipinski definition) is 0. The molecule has 0 saturated heterocycles. The van der Waals surface area contributed by atoms with E-state index >= 15 is 0 Å². The van der Waals surface area contributed by atoms with E-state index in [4.69, 9.17) is 9.47 Å². The number of ether oxygens (including phenoxy) is 2. The van der Waals surface area contributed by atoms with Gasteiger partial charge in [-0.2, -0.15) is 0 Å². The summed E-state index contributed by atoms with van der Waals surface area (Å²) in [7, 11) is 0. The van der Waals surface area contributed by atoms with Crippen LogP contribution in [0, 0.1) is 0 Å². The second kappa shape index (κ2) is 4.51. The summed E-state index contributed by atoms with van der Waals surface area (Å²) in [6.45, 7) is 3.73. The molecular weight excluding hydrogens is 188 g/mol. The first-order valence-corrected chi connectivity index (χ1v) is 4.77. The molecule has 2 nitrogen and oxygen atoms in total. The Morgan fingerprint density at radius 1 is 1.27 bits per heavy atom. The number of allylic oxidation sites excluding steroid dienone is 2. The Balaban J connectivity index is 2.13. The third kappa shape index (κ3) is 2.29. The van der Waals surface area contributed by atoms with Crippen LogP contribution in [0.15, 0.2) is 55.3 Å². The van der Waals surface area contributed by atoms with Crippen LogP contribution in [0.2, 0.25) is 0 Å². The summed E-state index contributed by atoms with van der Waals surface area (Å²) in [4.78, 5) is 0. The van der Waals surface area contributed by atoms with E-state index < -0.39 is 0 Å². The summed E-state index contributed by atoms with van der Waals surface area (Å²) in [5, 5.41) is 0. The molecule has 0 bridgehead atoms. The van der Waals surface area contributed by atoms with Gasteiger partial charge in [-0.15, -0.1) is 0 Å². The van der Waals surface area contributed by atoms with Crippen LogP contribution in [0.1, 0.15) is 5.56 Å². The lowest BCUT2D eigenvalue weighted by Crippen LogP contribution is -2.16. The molecule has 1 unspecified atom stereocenters. The van der Waals surface area contributed by atoms with Gasteiger partial charge in [0.1, 0.15) is 5.75 Å². The lowest BCUT2D eigenvalue weighted by Gasteiger charge is -2.17. The molecule has 0 amide bonds. The quantitative estimate of drug-likeness (QED) is 0.746. The second-order valence-electron chi connectivity index (χ2n) is 3.08. The Bertz CT molecular complexity index is 405. The zero-order valence-electron chi connectivity index (χ0n) is 8.30. The number of rotatable bonds is 3. The maximum Gasteiger partial charge on any atom is 0.260 e. The number of para-hydroxylation sites is 1. The zero-order valence-corrected chi connectivity index (χ0v) is 8.30. The Kier molecular flexibility index (Phi) is 2.88. The van der Waals surface area contributed by atoms with Gasteiger partial charge in [-0.05, 0) is 18.2 Å². The normalized spacial score (nSPS) is 18.3. The lowest BCUT2D eigenvalue weighted by atomic mass is 10.2. The van der Waals surface area contributed by atoms with Crippen molar-refractivity contribution in [1.29, 1.82) is 0 Å². The first-order chi connectivity index (χ1) is 7.40. The van der Waals surface area contributed by atoms with Crippen molar-refractivity contribution in [1.82, 2.24) is 0 Å². The number of benzene rings is 1. The molecule has 76 valence electrons. The molecule has 0 fully saturated rings. The van der Waals surface area contributed by atoms with Crippen molar-refractivity contribution in [2.75, 3.05) is 0 Å². The van der Waals surface area contributed by atoms with E-state index in [1.165, 1.54) is 0 Å². The molecule has 0 spiro atoms. The molecule has 0 radical (unpaired) electrons. The van der Waals surface area contributed by atoms with Crippen molar-refractivity contribution in [3.8, 4) is 5.75 Å². The highest BCUT2D eigenvalue weighted by Crippen LogP contribution is 2.21. The van der Waals surface area contributed by atoms with E-state index in [0.717, 1.165) is 11.3 Å². The van der Waals surface area contributed by atoms with E-state index in [0.29, 0.717) is 0 Å². The van der Waals surface area contributed by atoms with Crippen LogP contribution in [0.25, 0.3) is 6.08 Å². The average Bonchev–Trinajstić information content (AvgIpc) is 2.31. The molecule has 1 aromatic carbocycles.